The molecule has 234 valence electrons. The third kappa shape index (κ3) is 7.05. The number of hydrogen-bond donors (Lipinski definition) is 10. The molecule has 0 radical (unpaired) electrons. The van der Waals surface area contributed by atoms with E-state index < -0.39 is 112 Å². The Morgan fingerprint density at radius 3 is 1.63 bits per heavy atom. The van der Waals surface area contributed by atoms with Crippen LogP contribution in [-0.4, -0.2) is 163 Å². The van der Waals surface area contributed by atoms with Gasteiger partial charge in [-0.3, -0.25) is 0 Å². The van der Waals surface area contributed by atoms with E-state index >= 15 is 0 Å². The van der Waals surface area contributed by atoms with Crippen LogP contribution in [0.2, 0.25) is 0 Å². The molecule has 0 bridgehead atoms. The first kappa shape index (κ1) is 32.5. The Bertz CT molecular complexity index is 922. The van der Waals surface area contributed by atoms with Crippen LogP contribution in [0.4, 0.5) is 0 Å². The Hall–Kier alpha value is -1.42. The van der Waals surface area contributed by atoms with E-state index in [0.717, 1.165) is 5.56 Å². The molecule has 1 aromatic rings. The van der Waals surface area contributed by atoms with E-state index in [0.29, 0.717) is 0 Å². The average Bonchev–Trinajstić information content (AvgIpc) is 2.98. The van der Waals surface area contributed by atoms with E-state index in [2.05, 4.69) is 0 Å². The van der Waals surface area contributed by atoms with Crippen LogP contribution < -0.4 is 0 Å². The molecule has 4 rings (SSSR count). The molecule has 3 aliphatic rings. The predicted molar refractivity (Wildman–Crippen MR) is 130 cm³/mol. The SMILES string of the molecule is OCC1OC(OC2C(O)C(CO)OC(OC3C(CO)OC(OCc4ccccc4)C(O)C3O)C2O)C(O)C(O)C1O. The van der Waals surface area contributed by atoms with Crippen LogP contribution in [0, 0.1) is 0 Å². The largest absolute Gasteiger partial charge is 0.394 e. The van der Waals surface area contributed by atoms with Gasteiger partial charge in [0.15, 0.2) is 18.9 Å². The zero-order valence-corrected chi connectivity index (χ0v) is 21.8. The minimum absolute atomic E-state index is 0.0243. The van der Waals surface area contributed by atoms with Gasteiger partial charge in [-0.05, 0) is 5.56 Å². The Morgan fingerprint density at radius 1 is 0.512 bits per heavy atom. The minimum atomic E-state index is -1.89. The summed E-state index contributed by atoms with van der Waals surface area (Å²) in [5.74, 6) is 0. The summed E-state index contributed by atoms with van der Waals surface area (Å²) in [5, 5.41) is 103. The molecule has 3 saturated heterocycles. The minimum Gasteiger partial charge on any atom is -0.394 e. The van der Waals surface area contributed by atoms with Gasteiger partial charge in [-0.2, -0.15) is 0 Å². The van der Waals surface area contributed by atoms with E-state index in [4.69, 9.17) is 28.4 Å². The monoisotopic (exact) mass is 594 g/mol. The molecule has 16 nitrogen and oxygen atoms in total. The lowest BCUT2D eigenvalue weighted by molar-refractivity contribution is -0.381. The summed E-state index contributed by atoms with van der Waals surface area (Å²) in [5.41, 5.74) is 0.759. The Labute approximate surface area is 234 Å². The summed E-state index contributed by atoms with van der Waals surface area (Å²) in [6, 6.07) is 8.93. The summed E-state index contributed by atoms with van der Waals surface area (Å²) in [6.07, 6.45) is -24.5. The van der Waals surface area contributed by atoms with Gasteiger partial charge in [0.25, 0.3) is 0 Å². The Morgan fingerprint density at radius 2 is 1.02 bits per heavy atom. The van der Waals surface area contributed by atoms with Crippen LogP contribution in [0.5, 0.6) is 0 Å². The van der Waals surface area contributed by atoms with Crippen molar-refractivity contribution >= 4 is 0 Å². The number of rotatable bonds is 10. The fourth-order valence-electron chi connectivity index (χ4n) is 4.93. The van der Waals surface area contributed by atoms with Crippen LogP contribution in [0.3, 0.4) is 0 Å². The van der Waals surface area contributed by atoms with E-state index in [9.17, 15) is 51.1 Å². The van der Waals surface area contributed by atoms with Crippen molar-refractivity contribution in [2.75, 3.05) is 19.8 Å². The highest BCUT2D eigenvalue weighted by atomic mass is 16.8. The third-order valence-corrected chi connectivity index (χ3v) is 7.33. The lowest BCUT2D eigenvalue weighted by Gasteiger charge is -2.48. The van der Waals surface area contributed by atoms with E-state index in [1.165, 1.54) is 0 Å². The number of hydrogen-bond acceptors (Lipinski definition) is 16. The Balaban J connectivity index is 1.45. The number of ether oxygens (including phenoxy) is 6. The van der Waals surface area contributed by atoms with Crippen LogP contribution >= 0.6 is 0 Å². The normalized spacial score (nSPS) is 45.5. The van der Waals surface area contributed by atoms with Crippen molar-refractivity contribution in [1.29, 1.82) is 0 Å². The highest BCUT2D eigenvalue weighted by Gasteiger charge is 2.53. The lowest BCUT2D eigenvalue weighted by atomic mass is 9.96. The molecular weight excluding hydrogens is 556 g/mol. The van der Waals surface area contributed by atoms with Crippen LogP contribution in [0.15, 0.2) is 30.3 Å². The van der Waals surface area contributed by atoms with Crippen LogP contribution in [0.1, 0.15) is 5.56 Å². The number of aliphatic hydroxyl groups is 10. The molecule has 3 aliphatic heterocycles. The smallest absolute Gasteiger partial charge is 0.187 e. The van der Waals surface area contributed by atoms with Crippen LogP contribution in [0.25, 0.3) is 0 Å². The molecule has 0 aromatic heterocycles. The van der Waals surface area contributed by atoms with Gasteiger partial charge in [0.1, 0.15) is 73.2 Å². The highest BCUT2D eigenvalue weighted by molar-refractivity contribution is 5.13. The van der Waals surface area contributed by atoms with Crippen molar-refractivity contribution in [2.24, 2.45) is 0 Å². The first-order valence-corrected chi connectivity index (χ1v) is 13.1. The molecule has 0 aliphatic carbocycles. The van der Waals surface area contributed by atoms with Gasteiger partial charge < -0.3 is 79.5 Å². The molecule has 15 unspecified atom stereocenters. The fourth-order valence-corrected chi connectivity index (χ4v) is 4.93. The van der Waals surface area contributed by atoms with Crippen molar-refractivity contribution < 1.29 is 79.5 Å². The lowest BCUT2D eigenvalue weighted by Crippen LogP contribution is -2.66. The summed E-state index contributed by atoms with van der Waals surface area (Å²) < 4.78 is 33.1. The third-order valence-electron chi connectivity index (χ3n) is 7.33. The molecule has 0 saturated carbocycles. The van der Waals surface area contributed by atoms with E-state index in [1.54, 1.807) is 24.3 Å². The van der Waals surface area contributed by atoms with Crippen molar-refractivity contribution in [2.45, 2.75) is 98.7 Å². The summed E-state index contributed by atoms with van der Waals surface area (Å²) >= 11 is 0. The summed E-state index contributed by atoms with van der Waals surface area (Å²) in [6.45, 7) is -2.24. The molecule has 3 heterocycles. The highest BCUT2D eigenvalue weighted by Crippen LogP contribution is 2.32. The topological polar surface area (TPSA) is 258 Å². The van der Waals surface area contributed by atoms with Gasteiger partial charge in [0.2, 0.25) is 0 Å². The van der Waals surface area contributed by atoms with Gasteiger partial charge in [-0.1, -0.05) is 30.3 Å². The quantitative estimate of drug-likeness (QED) is 0.121. The molecular formula is C25H38O16. The van der Waals surface area contributed by atoms with Crippen molar-refractivity contribution in [3.8, 4) is 0 Å². The maximum atomic E-state index is 11.0. The number of benzene rings is 1. The van der Waals surface area contributed by atoms with E-state index in [1.807, 2.05) is 6.07 Å². The first-order valence-electron chi connectivity index (χ1n) is 13.1. The first-order chi connectivity index (χ1) is 19.6. The van der Waals surface area contributed by atoms with Crippen molar-refractivity contribution in [3.05, 3.63) is 35.9 Å². The van der Waals surface area contributed by atoms with Crippen molar-refractivity contribution in [3.63, 3.8) is 0 Å². The van der Waals surface area contributed by atoms with Crippen LogP contribution in [-0.2, 0) is 35.0 Å². The number of aliphatic hydroxyl groups excluding tert-OH is 10. The maximum absolute atomic E-state index is 11.0. The zero-order chi connectivity index (χ0) is 29.8. The average molecular weight is 595 g/mol. The van der Waals surface area contributed by atoms with Gasteiger partial charge >= 0.3 is 0 Å². The second kappa shape index (κ2) is 14.4. The van der Waals surface area contributed by atoms with E-state index in [-0.39, 0.29) is 6.61 Å². The van der Waals surface area contributed by atoms with Gasteiger partial charge in [-0.15, -0.1) is 0 Å². The summed E-state index contributed by atoms with van der Waals surface area (Å²) in [4.78, 5) is 0. The maximum Gasteiger partial charge on any atom is 0.187 e. The molecule has 0 spiro atoms. The molecule has 1 aromatic carbocycles. The zero-order valence-electron chi connectivity index (χ0n) is 21.8. The molecule has 10 N–H and O–H groups in total. The molecule has 41 heavy (non-hydrogen) atoms. The molecule has 0 amide bonds. The van der Waals surface area contributed by atoms with Crippen molar-refractivity contribution in [1.82, 2.24) is 0 Å². The van der Waals surface area contributed by atoms with Gasteiger partial charge in [0, 0.05) is 0 Å². The Kier molecular flexibility index (Phi) is 11.4. The standard InChI is InChI=1S/C25H38O16/c26-6-11-14(29)16(31)18(33)24(37-11)41-22-15(30)12(7-27)38-25(20(22)35)40-21-13(8-28)39-23(19(34)17(21)32)36-9-10-4-2-1-3-5-10/h1-5,11-35H,6-9H2. The summed E-state index contributed by atoms with van der Waals surface area (Å²) in [7, 11) is 0. The second-order valence-corrected chi connectivity index (χ2v) is 10.1. The molecule has 15 atom stereocenters. The molecule has 16 heteroatoms. The van der Waals surface area contributed by atoms with Gasteiger partial charge in [0.05, 0.1) is 26.4 Å². The fraction of sp³-hybridized carbons (Fsp3) is 0.760. The van der Waals surface area contributed by atoms with Gasteiger partial charge in [-0.25, -0.2) is 0 Å². The second-order valence-electron chi connectivity index (χ2n) is 10.1. The molecule has 3 fully saturated rings. The predicted octanol–water partition coefficient (Wildman–Crippen LogP) is -5.35.